The normalized spacial score (nSPS) is 8.53. The quantitative estimate of drug-likeness (QED) is 0.364. The summed E-state index contributed by atoms with van der Waals surface area (Å²) in [4.78, 5) is 10.4. The first-order valence-corrected chi connectivity index (χ1v) is 5.16. The fourth-order valence-corrected chi connectivity index (χ4v) is 1.30. The van der Waals surface area contributed by atoms with Gasteiger partial charge in [-0.15, -0.1) is 6.58 Å². The van der Waals surface area contributed by atoms with E-state index in [0.717, 1.165) is 19.3 Å². The van der Waals surface area contributed by atoms with E-state index in [-0.39, 0.29) is 65.0 Å². The molecule has 1 amide bonds. The molecule has 0 atom stereocenters. The Morgan fingerprint density at radius 1 is 1.00 bits per heavy atom. The number of carbonyl (C=O) groups excluding carboxylic acids is 1. The Bertz CT molecular complexity index is 152. The summed E-state index contributed by atoms with van der Waals surface area (Å²) in [7, 11) is 0. The van der Waals surface area contributed by atoms with Crippen LogP contribution in [0.15, 0.2) is 12.7 Å². The van der Waals surface area contributed by atoms with Crippen LogP contribution in [-0.4, -0.2) is 65.0 Å². The molecule has 0 heterocycles. The Morgan fingerprint density at radius 2 is 1.47 bits per heavy atom. The summed E-state index contributed by atoms with van der Waals surface area (Å²) in [6.07, 6.45) is 10.8. The monoisotopic (exact) mass is 231 g/mol. The zero-order chi connectivity index (χ0) is 9.94. The number of unbranched alkanes of at least 4 members (excludes halogenated alkanes) is 6. The molecule has 0 saturated carbocycles. The molecule has 0 spiro atoms. The second-order valence-electron chi connectivity index (χ2n) is 3.41. The molecule has 0 aromatic carbocycles. The van der Waals surface area contributed by atoms with E-state index in [9.17, 15) is 4.79 Å². The molecule has 0 saturated heterocycles. The van der Waals surface area contributed by atoms with E-state index >= 15 is 0 Å². The molecule has 2 nitrogen and oxygen atoms in total. The van der Waals surface area contributed by atoms with Gasteiger partial charge in [0, 0.05) is 6.42 Å². The van der Waals surface area contributed by atoms with Crippen LogP contribution < -0.4 is 5.73 Å². The van der Waals surface area contributed by atoms with Crippen LogP contribution in [0.3, 0.4) is 0 Å². The van der Waals surface area contributed by atoms with E-state index in [2.05, 4.69) is 6.58 Å². The van der Waals surface area contributed by atoms with Gasteiger partial charge in [0.25, 0.3) is 0 Å². The molecule has 0 aromatic heterocycles. The number of nitrogens with two attached hydrogens (primary N) is 1. The van der Waals surface area contributed by atoms with E-state index in [1.54, 1.807) is 0 Å². The van der Waals surface area contributed by atoms with Crippen LogP contribution in [0.2, 0.25) is 0 Å². The number of rotatable bonds is 9. The van der Waals surface area contributed by atoms with Crippen LogP contribution >= 0.6 is 0 Å². The van der Waals surface area contributed by atoms with Gasteiger partial charge in [0.2, 0.25) is 5.91 Å². The zero-order valence-corrected chi connectivity index (χ0v) is 8.43. The molecule has 4 heteroatoms. The first-order valence-electron chi connectivity index (χ1n) is 5.16. The Labute approximate surface area is 138 Å². The number of allylic oxidation sites excluding steroid dienone is 1. The average Bonchev–Trinajstić information content (AvgIpc) is 2.09. The van der Waals surface area contributed by atoms with Gasteiger partial charge in [0.15, 0.2) is 0 Å². The minimum atomic E-state index is -0.174. The maximum atomic E-state index is 10.4. The number of primary amides is 1. The van der Waals surface area contributed by atoms with E-state index in [1.807, 2.05) is 6.08 Å². The summed E-state index contributed by atoms with van der Waals surface area (Å²) in [6.45, 7) is 3.68. The third-order valence-corrected chi connectivity index (χ3v) is 2.08. The zero-order valence-electron chi connectivity index (χ0n) is 8.43. The van der Waals surface area contributed by atoms with Crippen LogP contribution in [-0.2, 0) is 4.79 Å². The van der Waals surface area contributed by atoms with Gasteiger partial charge in [-0.2, -0.15) is 0 Å². The van der Waals surface area contributed by atoms with Gasteiger partial charge in [0.05, 0.1) is 0 Å². The molecule has 0 fully saturated rings. The van der Waals surface area contributed by atoms with Crippen molar-refractivity contribution in [2.75, 3.05) is 0 Å². The molecule has 0 radical (unpaired) electrons. The molecule has 0 aliphatic rings. The molecule has 0 aromatic rings. The molecule has 80 valence electrons. The molecule has 2 N–H and O–H groups in total. The van der Waals surface area contributed by atoms with Crippen molar-refractivity contribution >= 4 is 65.0 Å². The van der Waals surface area contributed by atoms with Crippen molar-refractivity contribution in [1.29, 1.82) is 0 Å². The second kappa shape index (κ2) is 17.6. The number of hydrogen-bond donors (Lipinski definition) is 1. The third kappa shape index (κ3) is 21.1. The van der Waals surface area contributed by atoms with Crippen molar-refractivity contribution in [2.24, 2.45) is 5.73 Å². The van der Waals surface area contributed by atoms with Crippen molar-refractivity contribution in [3.63, 3.8) is 0 Å². The van der Waals surface area contributed by atoms with Gasteiger partial charge in [0.1, 0.15) is 0 Å². The predicted molar refractivity (Wildman–Crippen MR) is 70.6 cm³/mol. The van der Waals surface area contributed by atoms with Crippen LogP contribution in [0.25, 0.3) is 0 Å². The topological polar surface area (TPSA) is 43.1 Å². The molecule has 0 unspecified atom stereocenters. The van der Waals surface area contributed by atoms with Gasteiger partial charge in [-0.3, -0.25) is 4.79 Å². The average molecular weight is 231 g/mol. The van der Waals surface area contributed by atoms with Crippen LogP contribution in [0.5, 0.6) is 0 Å². The summed E-state index contributed by atoms with van der Waals surface area (Å²) in [5.41, 5.74) is 5.02. The maximum absolute atomic E-state index is 10.4. The van der Waals surface area contributed by atoms with Crippen molar-refractivity contribution in [3.05, 3.63) is 12.7 Å². The van der Waals surface area contributed by atoms with Crippen LogP contribution in [0.4, 0.5) is 0 Å². The first-order chi connectivity index (χ1) is 6.27. The SMILES string of the molecule is C=CCCCCCCCCC(N)=O.[NaH].[NaH]. The molecule has 0 aliphatic heterocycles. The summed E-state index contributed by atoms with van der Waals surface area (Å²) in [6, 6.07) is 0. The van der Waals surface area contributed by atoms with E-state index in [4.69, 9.17) is 5.73 Å². The van der Waals surface area contributed by atoms with Crippen molar-refractivity contribution in [2.45, 2.75) is 51.4 Å². The predicted octanol–water partition coefficient (Wildman–Crippen LogP) is 1.48. The van der Waals surface area contributed by atoms with E-state index in [0.29, 0.717) is 6.42 Å². The van der Waals surface area contributed by atoms with Crippen molar-refractivity contribution < 1.29 is 4.79 Å². The van der Waals surface area contributed by atoms with Crippen LogP contribution in [0, 0.1) is 0 Å². The Balaban J connectivity index is -0.000000720. The molecular weight excluding hydrogens is 208 g/mol. The van der Waals surface area contributed by atoms with Crippen molar-refractivity contribution in [1.82, 2.24) is 0 Å². The van der Waals surface area contributed by atoms with E-state index < -0.39 is 0 Å². The van der Waals surface area contributed by atoms with Crippen molar-refractivity contribution in [3.8, 4) is 0 Å². The Morgan fingerprint density at radius 3 is 1.93 bits per heavy atom. The standard InChI is InChI=1S/C11H21NO.2Na.2H/c1-2-3-4-5-6-7-8-9-10-11(12)13;;;;/h2H,1,3-10H2,(H2,12,13);;;;. The summed E-state index contributed by atoms with van der Waals surface area (Å²) in [5, 5.41) is 0. The number of carbonyl (C=O) groups is 1. The summed E-state index contributed by atoms with van der Waals surface area (Å²) < 4.78 is 0. The van der Waals surface area contributed by atoms with Gasteiger partial charge in [-0.1, -0.05) is 31.8 Å². The molecule has 15 heavy (non-hydrogen) atoms. The minimum absolute atomic E-state index is 0. The second-order valence-corrected chi connectivity index (χ2v) is 3.41. The third-order valence-electron chi connectivity index (χ3n) is 2.08. The fourth-order valence-electron chi connectivity index (χ4n) is 1.30. The van der Waals surface area contributed by atoms with Gasteiger partial charge in [-0.25, -0.2) is 0 Å². The summed E-state index contributed by atoms with van der Waals surface area (Å²) >= 11 is 0. The molecular formula is C11H23NNa2O. The van der Waals surface area contributed by atoms with Crippen LogP contribution in [0.1, 0.15) is 51.4 Å². The molecule has 0 bridgehead atoms. The van der Waals surface area contributed by atoms with Gasteiger partial charge < -0.3 is 5.73 Å². The van der Waals surface area contributed by atoms with Gasteiger partial charge in [-0.05, 0) is 19.3 Å². The summed E-state index contributed by atoms with van der Waals surface area (Å²) in [5.74, 6) is -0.174. The molecule has 0 aliphatic carbocycles. The Kier molecular flexibility index (Phi) is 25.2. The van der Waals surface area contributed by atoms with E-state index in [1.165, 1.54) is 25.7 Å². The number of hydrogen-bond acceptors (Lipinski definition) is 1. The fraction of sp³-hybridized carbons (Fsp3) is 0.727. The molecule has 0 rings (SSSR count). The first kappa shape index (κ1) is 21.5. The van der Waals surface area contributed by atoms with Gasteiger partial charge >= 0.3 is 59.1 Å². The Hall–Kier alpha value is 1.21. The number of amides is 1.